The van der Waals surface area contributed by atoms with Crippen molar-refractivity contribution in [3.05, 3.63) is 53.3 Å². The van der Waals surface area contributed by atoms with Crippen molar-refractivity contribution in [3.63, 3.8) is 0 Å². The molecule has 0 bridgehead atoms. The van der Waals surface area contributed by atoms with Gasteiger partial charge in [-0.05, 0) is 56.2 Å². The van der Waals surface area contributed by atoms with Gasteiger partial charge in [-0.15, -0.1) is 0 Å². The van der Waals surface area contributed by atoms with E-state index in [1.54, 1.807) is 21.3 Å². The Bertz CT molecular complexity index is 1050. The summed E-state index contributed by atoms with van der Waals surface area (Å²) in [5.74, 6) is 2.50. The van der Waals surface area contributed by atoms with Gasteiger partial charge >= 0.3 is 0 Å². The van der Waals surface area contributed by atoms with E-state index in [-0.39, 0.29) is 11.9 Å². The number of likely N-dealkylation sites (tertiary alicyclic amines) is 1. The van der Waals surface area contributed by atoms with E-state index in [2.05, 4.69) is 0 Å². The number of aryl methyl sites for hydroxylation is 1. The maximum atomic E-state index is 13.5. The zero-order valence-corrected chi connectivity index (χ0v) is 17.2. The summed E-state index contributed by atoms with van der Waals surface area (Å²) in [5.41, 5.74) is 2.46. The Labute approximate surface area is 170 Å². The lowest BCUT2D eigenvalue weighted by atomic mass is 10.0. The van der Waals surface area contributed by atoms with Crippen LogP contribution in [0, 0.1) is 6.92 Å². The highest BCUT2D eigenvalue weighted by atomic mass is 16.5. The molecule has 29 heavy (non-hydrogen) atoms. The molecule has 1 atom stereocenters. The third-order valence-electron chi connectivity index (χ3n) is 5.65. The number of nitrogens with zero attached hydrogens (tertiary/aromatic N) is 1. The zero-order valence-electron chi connectivity index (χ0n) is 17.2. The third kappa shape index (κ3) is 3.28. The van der Waals surface area contributed by atoms with Gasteiger partial charge in [0.25, 0.3) is 5.91 Å². The Hall–Kier alpha value is -3.15. The van der Waals surface area contributed by atoms with Gasteiger partial charge in [0.2, 0.25) is 0 Å². The Kier molecular flexibility index (Phi) is 5.09. The van der Waals surface area contributed by atoms with Gasteiger partial charge in [-0.1, -0.05) is 0 Å². The van der Waals surface area contributed by atoms with Crippen molar-refractivity contribution in [2.75, 3.05) is 27.9 Å². The SMILES string of the molecule is COc1ccc(OC)c([C@@H]2CCCN2C(=O)c2oc3ccc(OC)cc3c2C)c1. The van der Waals surface area contributed by atoms with Crippen molar-refractivity contribution in [2.24, 2.45) is 0 Å². The zero-order chi connectivity index (χ0) is 20.5. The number of ether oxygens (including phenoxy) is 3. The van der Waals surface area contributed by atoms with E-state index in [0.29, 0.717) is 17.9 Å². The standard InChI is InChI=1S/C23H25NO5/c1-14-17-12-15(26-2)8-10-21(17)29-22(14)23(25)24-11-5-6-19(24)18-13-16(27-3)7-9-20(18)28-4/h7-10,12-13,19H,5-6,11H2,1-4H3/t19-/m0/s1. The molecule has 6 heteroatoms. The van der Waals surface area contributed by atoms with Crippen molar-refractivity contribution in [1.82, 2.24) is 4.90 Å². The summed E-state index contributed by atoms with van der Waals surface area (Å²) in [6.45, 7) is 2.58. The molecule has 1 aliphatic heterocycles. The highest BCUT2D eigenvalue weighted by molar-refractivity contribution is 5.99. The molecule has 1 amide bonds. The molecule has 1 aliphatic rings. The summed E-state index contributed by atoms with van der Waals surface area (Å²) >= 11 is 0. The molecule has 1 saturated heterocycles. The van der Waals surface area contributed by atoms with Crippen LogP contribution in [-0.4, -0.2) is 38.7 Å². The van der Waals surface area contributed by atoms with E-state index >= 15 is 0 Å². The minimum atomic E-state index is -0.106. The number of carbonyl (C=O) groups excluding carboxylic acids is 1. The number of methoxy groups -OCH3 is 3. The summed E-state index contributed by atoms with van der Waals surface area (Å²) in [6, 6.07) is 11.2. The van der Waals surface area contributed by atoms with Gasteiger partial charge < -0.3 is 23.5 Å². The van der Waals surface area contributed by atoms with Crippen molar-refractivity contribution in [3.8, 4) is 17.2 Å². The molecular formula is C23H25NO5. The molecule has 1 aromatic heterocycles. The monoisotopic (exact) mass is 395 g/mol. The molecular weight excluding hydrogens is 370 g/mol. The lowest BCUT2D eigenvalue weighted by Gasteiger charge is -2.26. The largest absolute Gasteiger partial charge is 0.497 e. The van der Waals surface area contributed by atoms with Crippen LogP contribution in [0.3, 0.4) is 0 Å². The first kappa shape index (κ1) is 19.2. The Morgan fingerprint density at radius 2 is 1.76 bits per heavy atom. The number of carbonyl (C=O) groups is 1. The maximum absolute atomic E-state index is 13.5. The fourth-order valence-corrected chi connectivity index (χ4v) is 4.09. The number of furan rings is 1. The summed E-state index contributed by atoms with van der Waals surface area (Å²) in [7, 11) is 4.90. The summed E-state index contributed by atoms with van der Waals surface area (Å²) in [6.07, 6.45) is 1.78. The molecule has 6 nitrogen and oxygen atoms in total. The smallest absolute Gasteiger partial charge is 0.290 e. The first-order chi connectivity index (χ1) is 14.1. The predicted molar refractivity (Wildman–Crippen MR) is 110 cm³/mol. The van der Waals surface area contributed by atoms with Crippen molar-refractivity contribution in [2.45, 2.75) is 25.8 Å². The number of hydrogen-bond donors (Lipinski definition) is 0. The van der Waals surface area contributed by atoms with E-state index in [4.69, 9.17) is 18.6 Å². The molecule has 0 saturated carbocycles. The van der Waals surface area contributed by atoms with Crippen LogP contribution in [0.5, 0.6) is 17.2 Å². The van der Waals surface area contributed by atoms with Crippen molar-refractivity contribution in [1.29, 1.82) is 0 Å². The average Bonchev–Trinajstić information content (AvgIpc) is 3.37. The first-order valence-electron chi connectivity index (χ1n) is 9.67. The Morgan fingerprint density at radius 1 is 1.03 bits per heavy atom. The number of amides is 1. The third-order valence-corrected chi connectivity index (χ3v) is 5.65. The molecule has 2 aromatic carbocycles. The fraction of sp³-hybridized carbons (Fsp3) is 0.348. The summed E-state index contributed by atoms with van der Waals surface area (Å²) in [5, 5.41) is 0.891. The van der Waals surface area contributed by atoms with E-state index < -0.39 is 0 Å². The van der Waals surface area contributed by atoms with Crippen molar-refractivity contribution >= 4 is 16.9 Å². The Balaban J connectivity index is 1.72. The minimum Gasteiger partial charge on any atom is -0.497 e. The van der Waals surface area contributed by atoms with E-state index in [9.17, 15) is 4.79 Å². The lowest BCUT2D eigenvalue weighted by molar-refractivity contribution is 0.0703. The molecule has 4 rings (SSSR count). The molecule has 0 radical (unpaired) electrons. The highest BCUT2D eigenvalue weighted by Crippen LogP contribution is 2.40. The van der Waals surface area contributed by atoms with Gasteiger partial charge in [0.05, 0.1) is 27.4 Å². The molecule has 0 spiro atoms. The molecule has 3 aromatic rings. The average molecular weight is 395 g/mol. The predicted octanol–water partition coefficient (Wildman–Crippen LogP) is 4.74. The summed E-state index contributed by atoms with van der Waals surface area (Å²) < 4.78 is 22.2. The second-order valence-corrected chi connectivity index (χ2v) is 7.18. The summed E-state index contributed by atoms with van der Waals surface area (Å²) in [4.78, 5) is 15.3. The van der Waals surface area contributed by atoms with Gasteiger partial charge in [-0.25, -0.2) is 0 Å². The van der Waals surface area contributed by atoms with Crippen LogP contribution in [0.4, 0.5) is 0 Å². The quantitative estimate of drug-likeness (QED) is 0.624. The minimum absolute atomic E-state index is 0.0882. The van der Waals surface area contributed by atoms with E-state index in [1.807, 2.05) is 48.2 Å². The van der Waals surface area contributed by atoms with Crippen LogP contribution in [0.1, 0.15) is 40.6 Å². The van der Waals surface area contributed by atoms with Gasteiger partial charge in [0.1, 0.15) is 22.8 Å². The molecule has 0 unspecified atom stereocenters. The molecule has 152 valence electrons. The van der Waals surface area contributed by atoms with E-state index in [0.717, 1.165) is 46.6 Å². The maximum Gasteiger partial charge on any atom is 0.290 e. The number of benzene rings is 2. The lowest BCUT2D eigenvalue weighted by Crippen LogP contribution is -2.31. The van der Waals surface area contributed by atoms with Crippen LogP contribution in [-0.2, 0) is 0 Å². The highest BCUT2D eigenvalue weighted by Gasteiger charge is 2.35. The first-order valence-corrected chi connectivity index (χ1v) is 9.67. The van der Waals surface area contributed by atoms with Gasteiger partial charge in [-0.2, -0.15) is 0 Å². The van der Waals surface area contributed by atoms with Gasteiger partial charge in [0, 0.05) is 23.1 Å². The van der Waals surface area contributed by atoms with Gasteiger partial charge in [-0.3, -0.25) is 4.79 Å². The molecule has 1 fully saturated rings. The van der Waals surface area contributed by atoms with Crippen LogP contribution in [0.15, 0.2) is 40.8 Å². The van der Waals surface area contributed by atoms with Crippen molar-refractivity contribution < 1.29 is 23.4 Å². The second-order valence-electron chi connectivity index (χ2n) is 7.18. The van der Waals surface area contributed by atoms with Crippen LogP contribution < -0.4 is 14.2 Å². The fourth-order valence-electron chi connectivity index (χ4n) is 4.09. The molecule has 0 aliphatic carbocycles. The molecule has 0 N–H and O–H groups in total. The van der Waals surface area contributed by atoms with Crippen LogP contribution in [0.2, 0.25) is 0 Å². The number of fused-ring (bicyclic) bond motifs is 1. The topological polar surface area (TPSA) is 61.1 Å². The number of hydrogen-bond acceptors (Lipinski definition) is 5. The van der Waals surface area contributed by atoms with Crippen LogP contribution in [0.25, 0.3) is 11.0 Å². The van der Waals surface area contributed by atoms with Crippen LogP contribution >= 0.6 is 0 Å². The molecule has 2 heterocycles. The second kappa shape index (κ2) is 7.70. The Morgan fingerprint density at radius 3 is 2.48 bits per heavy atom. The van der Waals surface area contributed by atoms with Gasteiger partial charge in [0.15, 0.2) is 5.76 Å². The normalized spacial score (nSPS) is 16.3. The number of rotatable bonds is 5. The van der Waals surface area contributed by atoms with E-state index in [1.165, 1.54) is 0 Å².